The summed E-state index contributed by atoms with van der Waals surface area (Å²) in [5.74, 6) is 0. The number of benzene rings is 1. The first-order valence-electron chi connectivity index (χ1n) is 8.00. The second kappa shape index (κ2) is 6.73. The zero-order chi connectivity index (χ0) is 17.1. The maximum Gasteiger partial charge on any atom is 0.194 e. The van der Waals surface area contributed by atoms with Gasteiger partial charge >= 0.3 is 0 Å². The summed E-state index contributed by atoms with van der Waals surface area (Å²) in [5.41, 5.74) is 2.18. The Labute approximate surface area is 140 Å². The Morgan fingerprint density at radius 1 is 1.17 bits per heavy atom. The molecule has 1 aromatic heterocycles. The molecule has 0 aliphatic rings. The van der Waals surface area contributed by atoms with Gasteiger partial charge in [-0.2, -0.15) is 5.26 Å². The molecule has 1 aromatic carbocycles. The normalized spacial score (nSPS) is 13.6. The van der Waals surface area contributed by atoms with Crippen LogP contribution in [0.4, 0.5) is 0 Å². The number of hydrogen-bond donors (Lipinski definition) is 0. The first kappa shape index (κ1) is 17.5. The van der Waals surface area contributed by atoms with Crippen molar-refractivity contribution in [1.29, 1.82) is 5.26 Å². The van der Waals surface area contributed by atoms with E-state index in [2.05, 4.69) is 56.6 Å². The summed E-state index contributed by atoms with van der Waals surface area (Å²) >= 11 is 0. The second-order valence-electron chi connectivity index (χ2n) is 7.49. The fourth-order valence-corrected chi connectivity index (χ4v) is 3.28. The fourth-order valence-electron chi connectivity index (χ4n) is 2.15. The maximum absolute atomic E-state index is 9.55. The van der Waals surface area contributed by atoms with Crippen molar-refractivity contribution in [3.8, 4) is 6.07 Å². The third-order valence-electron chi connectivity index (χ3n) is 4.62. The van der Waals surface area contributed by atoms with Crippen LogP contribution in [0, 0.1) is 11.3 Å². The summed E-state index contributed by atoms with van der Waals surface area (Å²) in [6.45, 7) is 11.7. The molecule has 4 heteroatoms. The number of aromatic nitrogens is 1. The van der Waals surface area contributed by atoms with E-state index < -0.39 is 14.4 Å². The minimum Gasteiger partial charge on any atom is -0.398 e. The van der Waals surface area contributed by atoms with Crippen LogP contribution in [0.2, 0.25) is 18.1 Å². The highest BCUT2D eigenvalue weighted by molar-refractivity contribution is 6.74. The van der Waals surface area contributed by atoms with E-state index in [9.17, 15) is 5.26 Å². The predicted molar refractivity (Wildman–Crippen MR) is 96.6 cm³/mol. The molecule has 0 aliphatic carbocycles. The standard InChI is InChI=1S/C19H26N2OSi/c1-19(2,3)23(4,5)22-18(13-20)17-11-12-21(15-17)14-16-9-7-6-8-10-16/h6-12,15,18H,14H2,1-5H3. The average Bonchev–Trinajstić information content (AvgIpc) is 2.93. The number of nitrogens with zero attached hydrogens (tertiary/aromatic N) is 2. The van der Waals surface area contributed by atoms with Gasteiger partial charge in [-0.3, -0.25) is 0 Å². The van der Waals surface area contributed by atoms with Crippen LogP contribution in [0.1, 0.15) is 38.0 Å². The Morgan fingerprint density at radius 2 is 1.83 bits per heavy atom. The van der Waals surface area contributed by atoms with Gasteiger partial charge in [-0.05, 0) is 29.8 Å². The predicted octanol–water partition coefficient (Wildman–Crippen LogP) is 5.12. The molecule has 0 fully saturated rings. The maximum atomic E-state index is 9.55. The number of rotatable bonds is 5. The molecule has 1 heterocycles. The minimum atomic E-state index is -1.97. The van der Waals surface area contributed by atoms with Crippen LogP contribution in [0.15, 0.2) is 48.8 Å². The first-order chi connectivity index (χ1) is 10.7. The van der Waals surface area contributed by atoms with Crippen molar-refractivity contribution in [1.82, 2.24) is 4.57 Å². The summed E-state index contributed by atoms with van der Waals surface area (Å²) in [4.78, 5) is 0. The van der Waals surface area contributed by atoms with E-state index in [1.165, 1.54) is 5.56 Å². The van der Waals surface area contributed by atoms with E-state index in [4.69, 9.17) is 4.43 Å². The van der Waals surface area contributed by atoms with Gasteiger partial charge in [0.15, 0.2) is 14.4 Å². The van der Waals surface area contributed by atoms with E-state index >= 15 is 0 Å². The molecular formula is C19H26N2OSi. The quantitative estimate of drug-likeness (QED) is 0.715. The molecule has 23 heavy (non-hydrogen) atoms. The lowest BCUT2D eigenvalue weighted by Gasteiger charge is -2.37. The molecule has 1 atom stereocenters. The number of nitriles is 1. The Kier molecular flexibility index (Phi) is 5.13. The van der Waals surface area contributed by atoms with Crippen LogP contribution in [-0.2, 0) is 11.0 Å². The Morgan fingerprint density at radius 3 is 2.39 bits per heavy atom. The van der Waals surface area contributed by atoms with Crippen LogP contribution >= 0.6 is 0 Å². The van der Waals surface area contributed by atoms with Crippen molar-refractivity contribution < 1.29 is 4.43 Å². The molecule has 3 nitrogen and oxygen atoms in total. The van der Waals surface area contributed by atoms with Crippen molar-refractivity contribution in [2.24, 2.45) is 0 Å². The molecule has 0 saturated carbocycles. The van der Waals surface area contributed by atoms with Gasteiger partial charge in [-0.25, -0.2) is 0 Å². The topological polar surface area (TPSA) is 37.9 Å². The highest BCUT2D eigenvalue weighted by atomic mass is 28.4. The second-order valence-corrected chi connectivity index (χ2v) is 12.2. The Hall–Kier alpha value is -1.83. The zero-order valence-corrected chi connectivity index (χ0v) is 15.7. The molecular weight excluding hydrogens is 300 g/mol. The van der Waals surface area contributed by atoms with Crippen molar-refractivity contribution in [2.75, 3.05) is 0 Å². The van der Waals surface area contributed by atoms with Crippen LogP contribution in [0.5, 0.6) is 0 Å². The van der Waals surface area contributed by atoms with Crippen molar-refractivity contribution in [3.63, 3.8) is 0 Å². The van der Waals surface area contributed by atoms with Gasteiger partial charge in [0.1, 0.15) is 0 Å². The van der Waals surface area contributed by atoms with Gasteiger partial charge in [0.25, 0.3) is 0 Å². The third kappa shape index (κ3) is 4.34. The van der Waals surface area contributed by atoms with Crippen LogP contribution in [0.25, 0.3) is 0 Å². The lowest BCUT2D eigenvalue weighted by atomic mass is 10.2. The highest BCUT2D eigenvalue weighted by Gasteiger charge is 2.39. The first-order valence-corrected chi connectivity index (χ1v) is 10.9. The Balaban J connectivity index is 2.13. The third-order valence-corrected chi connectivity index (χ3v) is 9.06. The molecule has 0 radical (unpaired) electrons. The van der Waals surface area contributed by atoms with Crippen molar-refractivity contribution in [3.05, 3.63) is 59.9 Å². The molecule has 0 spiro atoms. The molecule has 0 aliphatic heterocycles. The average molecular weight is 327 g/mol. The highest BCUT2D eigenvalue weighted by Crippen LogP contribution is 2.39. The fraction of sp³-hybridized carbons (Fsp3) is 0.421. The molecule has 122 valence electrons. The van der Waals surface area contributed by atoms with Gasteiger partial charge in [-0.15, -0.1) is 0 Å². The van der Waals surface area contributed by atoms with E-state index in [0.717, 1.165) is 12.1 Å². The summed E-state index contributed by atoms with van der Waals surface area (Å²) in [6, 6.07) is 14.6. The van der Waals surface area contributed by atoms with Gasteiger partial charge in [-0.1, -0.05) is 51.1 Å². The lowest BCUT2D eigenvalue weighted by molar-refractivity contribution is 0.236. The van der Waals surface area contributed by atoms with Crippen molar-refractivity contribution >= 4 is 8.32 Å². The smallest absolute Gasteiger partial charge is 0.194 e. The zero-order valence-electron chi connectivity index (χ0n) is 14.7. The summed E-state index contributed by atoms with van der Waals surface area (Å²) in [6.07, 6.45) is 3.54. The van der Waals surface area contributed by atoms with Crippen LogP contribution in [0.3, 0.4) is 0 Å². The Bertz CT molecular complexity index is 677. The molecule has 0 saturated heterocycles. The van der Waals surface area contributed by atoms with Gasteiger partial charge in [0.05, 0.1) is 6.07 Å². The molecule has 1 unspecified atom stereocenters. The molecule has 2 rings (SSSR count). The van der Waals surface area contributed by atoms with Gasteiger partial charge in [0.2, 0.25) is 0 Å². The van der Waals surface area contributed by atoms with Crippen LogP contribution < -0.4 is 0 Å². The van der Waals surface area contributed by atoms with E-state index in [-0.39, 0.29) is 5.04 Å². The summed E-state index contributed by atoms with van der Waals surface area (Å²) < 4.78 is 8.37. The van der Waals surface area contributed by atoms with E-state index in [1.807, 2.05) is 36.7 Å². The van der Waals surface area contributed by atoms with Crippen LogP contribution in [-0.4, -0.2) is 12.9 Å². The SMILES string of the molecule is CC(C)(C)[Si](C)(C)OC(C#N)c1ccn(Cc2ccccc2)c1. The minimum absolute atomic E-state index is 0.0920. The summed E-state index contributed by atoms with van der Waals surface area (Å²) in [5, 5.41) is 9.64. The molecule has 0 amide bonds. The lowest BCUT2D eigenvalue weighted by Crippen LogP contribution is -2.41. The number of hydrogen-bond acceptors (Lipinski definition) is 2. The molecule has 0 N–H and O–H groups in total. The van der Waals surface area contributed by atoms with Gasteiger partial charge < -0.3 is 8.99 Å². The van der Waals surface area contributed by atoms with Gasteiger partial charge in [0, 0.05) is 24.5 Å². The molecule has 2 aromatic rings. The van der Waals surface area contributed by atoms with Crippen molar-refractivity contribution in [2.45, 2.75) is 51.6 Å². The van der Waals surface area contributed by atoms with E-state index in [0.29, 0.717) is 0 Å². The van der Waals surface area contributed by atoms with E-state index in [1.54, 1.807) is 0 Å². The molecule has 0 bridgehead atoms. The monoisotopic (exact) mass is 326 g/mol. The summed E-state index contributed by atoms with van der Waals surface area (Å²) in [7, 11) is -1.97. The largest absolute Gasteiger partial charge is 0.398 e.